The zero-order valence-electron chi connectivity index (χ0n) is 12.2. The molecule has 1 saturated carbocycles. The average Bonchev–Trinajstić information content (AvgIpc) is 2.86. The van der Waals surface area contributed by atoms with Gasteiger partial charge in [-0.1, -0.05) is 12.8 Å². The molecular formula is C17H19NO3. The lowest BCUT2D eigenvalue weighted by molar-refractivity contribution is -0.133. The quantitative estimate of drug-likeness (QED) is 0.619. The van der Waals surface area contributed by atoms with E-state index in [2.05, 4.69) is 0 Å². The Hall–Kier alpha value is -1.97. The van der Waals surface area contributed by atoms with Crippen LogP contribution in [0.15, 0.2) is 24.3 Å². The molecule has 1 aliphatic heterocycles. The average molecular weight is 285 g/mol. The first kappa shape index (κ1) is 14.0. The molecule has 0 unspecified atom stereocenters. The minimum Gasteiger partial charge on any atom is -0.295 e. The molecule has 21 heavy (non-hydrogen) atoms. The van der Waals surface area contributed by atoms with Crippen molar-refractivity contribution in [2.75, 3.05) is 4.90 Å². The number of carbonyl (C=O) groups excluding carboxylic acids is 3. The number of amides is 2. The number of nitrogens with zero attached hydrogens (tertiary/aromatic N) is 1. The van der Waals surface area contributed by atoms with Crippen LogP contribution in [0.5, 0.6) is 0 Å². The predicted molar refractivity (Wildman–Crippen MR) is 79.1 cm³/mol. The third-order valence-corrected chi connectivity index (χ3v) is 4.75. The molecule has 1 aliphatic carbocycles. The molecule has 1 heterocycles. The van der Waals surface area contributed by atoms with E-state index >= 15 is 0 Å². The van der Waals surface area contributed by atoms with E-state index in [9.17, 15) is 14.4 Å². The van der Waals surface area contributed by atoms with Crippen LogP contribution in [0.3, 0.4) is 0 Å². The van der Waals surface area contributed by atoms with Gasteiger partial charge in [-0.2, -0.15) is 0 Å². The molecule has 4 nitrogen and oxygen atoms in total. The Morgan fingerprint density at radius 2 is 1.52 bits per heavy atom. The number of ketones is 1. The maximum Gasteiger partial charge on any atom is 0.234 e. The number of piperidine rings is 1. The van der Waals surface area contributed by atoms with Gasteiger partial charge >= 0.3 is 0 Å². The van der Waals surface area contributed by atoms with Crippen molar-refractivity contribution in [1.82, 2.24) is 0 Å². The molecule has 0 N–H and O–H groups in total. The highest BCUT2D eigenvalue weighted by Gasteiger charge is 2.45. The zero-order chi connectivity index (χ0) is 15.0. The number of hydrogen-bond acceptors (Lipinski definition) is 3. The van der Waals surface area contributed by atoms with Gasteiger partial charge in [-0.3, -0.25) is 19.3 Å². The second kappa shape index (κ2) is 5.10. The van der Waals surface area contributed by atoms with Crippen LogP contribution in [0.2, 0.25) is 0 Å². The summed E-state index contributed by atoms with van der Waals surface area (Å²) in [5.41, 5.74) is 1.08. The summed E-state index contributed by atoms with van der Waals surface area (Å²) in [4.78, 5) is 37.4. The van der Waals surface area contributed by atoms with E-state index < -0.39 is 0 Å². The summed E-state index contributed by atoms with van der Waals surface area (Å²) in [7, 11) is 0. The van der Waals surface area contributed by atoms with Crippen molar-refractivity contribution in [2.45, 2.75) is 45.4 Å². The first-order valence-corrected chi connectivity index (χ1v) is 7.48. The van der Waals surface area contributed by atoms with Crippen LogP contribution in [0.25, 0.3) is 0 Å². The summed E-state index contributed by atoms with van der Waals surface area (Å²) in [6, 6.07) is 6.69. The first-order chi connectivity index (χ1) is 10.0. The Balaban J connectivity index is 1.84. The fourth-order valence-corrected chi connectivity index (χ4v) is 3.61. The summed E-state index contributed by atoms with van der Waals surface area (Å²) < 4.78 is 0. The number of carbonyl (C=O) groups is 3. The molecule has 0 radical (unpaired) electrons. The normalized spacial score (nSPS) is 21.1. The third-order valence-electron chi connectivity index (χ3n) is 4.75. The molecule has 0 aromatic heterocycles. The maximum atomic E-state index is 12.4. The standard InChI is InChI=1S/C17H19NO3/c1-12(19)13-4-6-14(7-5-13)18-15(20)10-17(11-16(18)21)8-2-3-9-17/h4-7H,2-3,8-11H2,1H3. The van der Waals surface area contributed by atoms with Crippen LogP contribution in [-0.2, 0) is 9.59 Å². The Kier molecular flexibility index (Phi) is 3.40. The molecule has 1 aromatic rings. The van der Waals surface area contributed by atoms with E-state index in [1.165, 1.54) is 11.8 Å². The summed E-state index contributed by atoms with van der Waals surface area (Å²) in [5.74, 6) is -0.241. The fourth-order valence-electron chi connectivity index (χ4n) is 3.61. The van der Waals surface area contributed by atoms with Crippen LogP contribution in [-0.4, -0.2) is 17.6 Å². The summed E-state index contributed by atoms with van der Waals surface area (Å²) in [5, 5.41) is 0. The number of anilines is 1. The summed E-state index contributed by atoms with van der Waals surface area (Å²) >= 11 is 0. The van der Waals surface area contributed by atoms with Crippen LogP contribution < -0.4 is 4.90 Å². The molecule has 2 amide bonds. The molecule has 3 rings (SSSR count). The summed E-state index contributed by atoms with van der Waals surface area (Å²) in [6.07, 6.45) is 5.14. The van der Waals surface area contributed by atoms with E-state index in [4.69, 9.17) is 0 Å². The second-order valence-electron chi connectivity index (χ2n) is 6.29. The number of Topliss-reactive ketones (excluding diaryl/α,β-unsaturated/α-hetero) is 1. The number of hydrogen-bond donors (Lipinski definition) is 0. The minimum atomic E-state index is -0.108. The van der Waals surface area contributed by atoms with Gasteiger partial charge in [-0.25, -0.2) is 0 Å². The molecule has 0 atom stereocenters. The lowest BCUT2D eigenvalue weighted by Crippen LogP contribution is -2.47. The highest BCUT2D eigenvalue weighted by atomic mass is 16.2. The highest BCUT2D eigenvalue weighted by molar-refractivity contribution is 6.17. The molecule has 1 saturated heterocycles. The van der Waals surface area contributed by atoms with E-state index in [0.717, 1.165) is 25.7 Å². The van der Waals surface area contributed by atoms with Gasteiger partial charge in [0.25, 0.3) is 0 Å². The van der Waals surface area contributed by atoms with Crippen molar-refractivity contribution in [2.24, 2.45) is 5.41 Å². The largest absolute Gasteiger partial charge is 0.295 e. The van der Waals surface area contributed by atoms with Gasteiger partial charge in [0, 0.05) is 18.4 Å². The van der Waals surface area contributed by atoms with Gasteiger partial charge in [0.15, 0.2) is 5.78 Å². The molecule has 1 aromatic carbocycles. The second-order valence-corrected chi connectivity index (χ2v) is 6.29. The van der Waals surface area contributed by atoms with Crippen LogP contribution >= 0.6 is 0 Å². The Labute approximate surface area is 124 Å². The van der Waals surface area contributed by atoms with Gasteiger partial charge in [0.1, 0.15) is 0 Å². The monoisotopic (exact) mass is 285 g/mol. The van der Waals surface area contributed by atoms with Crippen molar-refractivity contribution in [1.29, 1.82) is 0 Å². The van der Waals surface area contributed by atoms with Crippen molar-refractivity contribution in [3.8, 4) is 0 Å². The highest BCUT2D eigenvalue weighted by Crippen LogP contribution is 2.47. The SMILES string of the molecule is CC(=O)c1ccc(N2C(=O)CC3(CCCC3)CC2=O)cc1. The van der Waals surface area contributed by atoms with Crippen molar-refractivity contribution >= 4 is 23.3 Å². The van der Waals surface area contributed by atoms with E-state index in [1.54, 1.807) is 24.3 Å². The fraction of sp³-hybridized carbons (Fsp3) is 0.471. The minimum absolute atomic E-state index is 0.0252. The summed E-state index contributed by atoms with van der Waals surface area (Å²) in [6.45, 7) is 1.50. The predicted octanol–water partition coefficient (Wildman–Crippen LogP) is 3.10. The van der Waals surface area contributed by atoms with Gasteiger partial charge in [-0.15, -0.1) is 0 Å². The van der Waals surface area contributed by atoms with Crippen LogP contribution in [0.1, 0.15) is 55.8 Å². The Bertz CT molecular complexity index is 577. The van der Waals surface area contributed by atoms with Gasteiger partial charge < -0.3 is 0 Å². The molecule has 110 valence electrons. The topological polar surface area (TPSA) is 54.5 Å². The van der Waals surface area contributed by atoms with E-state index in [1.807, 2.05) is 0 Å². The molecular weight excluding hydrogens is 266 g/mol. The van der Waals surface area contributed by atoms with E-state index in [-0.39, 0.29) is 23.0 Å². The smallest absolute Gasteiger partial charge is 0.234 e. The molecule has 2 fully saturated rings. The number of benzene rings is 1. The molecule has 0 bridgehead atoms. The van der Waals surface area contributed by atoms with Crippen molar-refractivity contribution in [3.63, 3.8) is 0 Å². The van der Waals surface area contributed by atoms with E-state index in [0.29, 0.717) is 24.1 Å². The van der Waals surface area contributed by atoms with Crippen LogP contribution in [0, 0.1) is 5.41 Å². The third kappa shape index (κ3) is 2.50. The number of rotatable bonds is 2. The Morgan fingerprint density at radius 3 is 2.00 bits per heavy atom. The molecule has 1 spiro atoms. The Morgan fingerprint density at radius 1 is 1.00 bits per heavy atom. The van der Waals surface area contributed by atoms with Gasteiger partial charge in [-0.05, 0) is 49.4 Å². The van der Waals surface area contributed by atoms with Crippen molar-refractivity contribution in [3.05, 3.63) is 29.8 Å². The lowest BCUT2D eigenvalue weighted by atomic mass is 9.76. The molecule has 2 aliphatic rings. The lowest BCUT2D eigenvalue weighted by Gasteiger charge is -2.37. The van der Waals surface area contributed by atoms with Crippen molar-refractivity contribution < 1.29 is 14.4 Å². The van der Waals surface area contributed by atoms with Crippen LogP contribution in [0.4, 0.5) is 5.69 Å². The zero-order valence-corrected chi connectivity index (χ0v) is 12.2. The first-order valence-electron chi connectivity index (χ1n) is 7.48. The maximum absolute atomic E-state index is 12.4. The van der Waals surface area contributed by atoms with Gasteiger partial charge in [0.05, 0.1) is 5.69 Å². The van der Waals surface area contributed by atoms with Gasteiger partial charge in [0.2, 0.25) is 11.8 Å². The number of imide groups is 1. The molecule has 4 heteroatoms.